The number of aromatic nitrogens is 1. The summed E-state index contributed by atoms with van der Waals surface area (Å²) in [6, 6.07) is 24.2. The van der Waals surface area contributed by atoms with Gasteiger partial charge in [0, 0.05) is 25.2 Å². The Labute approximate surface area is 203 Å². The Morgan fingerprint density at radius 3 is 2.44 bits per heavy atom. The topological polar surface area (TPSA) is 70.6 Å². The van der Waals surface area contributed by atoms with E-state index in [-0.39, 0.29) is 10.8 Å². The van der Waals surface area contributed by atoms with Crippen molar-refractivity contribution >= 4 is 42.6 Å². The number of anilines is 1. The van der Waals surface area contributed by atoms with Crippen molar-refractivity contribution in [1.82, 2.24) is 9.29 Å². The lowest BCUT2D eigenvalue weighted by atomic mass is 10.1. The summed E-state index contributed by atoms with van der Waals surface area (Å²) in [5.41, 5.74) is 2.30. The molecule has 1 aromatic heterocycles. The fraction of sp³-hybridized carbons (Fsp3) is 0.231. The third-order valence-corrected chi connectivity index (χ3v) is 8.96. The van der Waals surface area contributed by atoms with Crippen LogP contribution in [0, 0.1) is 0 Å². The Morgan fingerprint density at radius 2 is 1.68 bits per heavy atom. The van der Waals surface area contributed by atoms with Gasteiger partial charge in [-0.15, -0.1) is 0 Å². The maximum Gasteiger partial charge on any atom is 0.260 e. The van der Waals surface area contributed by atoms with Crippen LogP contribution in [0.1, 0.15) is 28.8 Å². The van der Waals surface area contributed by atoms with E-state index in [0.29, 0.717) is 36.8 Å². The predicted molar refractivity (Wildman–Crippen MR) is 136 cm³/mol. The highest BCUT2D eigenvalue weighted by atomic mass is 32.2. The number of amides is 1. The number of benzene rings is 3. The number of thiazole rings is 1. The largest absolute Gasteiger partial charge is 0.284 e. The molecular weight excluding hydrogens is 466 g/mol. The van der Waals surface area contributed by atoms with Gasteiger partial charge in [0.15, 0.2) is 5.13 Å². The van der Waals surface area contributed by atoms with E-state index in [0.717, 1.165) is 28.6 Å². The molecule has 0 saturated carbocycles. The fourth-order valence-electron chi connectivity index (χ4n) is 4.17. The van der Waals surface area contributed by atoms with Crippen LogP contribution in [0.3, 0.4) is 0 Å². The lowest BCUT2D eigenvalue weighted by Gasteiger charge is -2.21. The number of rotatable bonds is 7. The van der Waals surface area contributed by atoms with Crippen LogP contribution in [0.2, 0.25) is 0 Å². The molecule has 4 aromatic rings. The van der Waals surface area contributed by atoms with Crippen LogP contribution in [-0.4, -0.2) is 43.2 Å². The molecule has 0 bridgehead atoms. The average Bonchev–Trinajstić information content (AvgIpc) is 3.56. The molecule has 1 aliphatic heterocycles. The highest BCUT2D eigenvalue weighted by Gasteiger charge is 2.29. The van der Waals surface area contributed by atoms with Crippen LogP contribution < -0.4 is 4.90 Å². The molecule has 0 radical (unpaired) electrons. The predicted octanol–water partition coefficient (Wildman–Crippen LogP) is 4.97. The van der Waals surface area contributed by atoms with Gasteiger partial charge in [-0.05, 0) is 55.2 Å². The molecule has 0 spiro atoms. The minimum Gasteiger partial charge on any atom is -0.284 e. The first-order valence-corrected chi connectivity index (χ1v) is 13.6. The van der Waals surface area contributed by atoms with E-state index in [4.69, 9.17) is 4.98 Å². The molecule has 174 valence electrons. The van der Waals surface area contributed by atoms with Gasteiger partial charge in [-0.2, -0.15) is 4.31 Å². The van der Waals surface area contributed by atoms with Gasteiger partial charge in [0.2, 0.25) is 10.0 Å². The summed E-state index contributed by atoms with van der Waals surface area (Å²) >= 11 is 1.46. The maximum atomic E-state index is 13.7. The van der Waals surface area contributed by atoms with Crippen LogP contribution in [0.5, 0.6) is 0 Å². The fourth-order valence-corrected chi connectivity index (χ4v) is 6.72. The van der Waals surface area contributed by atoms with Crippen LogP contribution in [0.15, 0.2) is 83.8 Å². The molecule has 2 heterocycles. The lowest BCUT2D eigenvalue weighted by Crippen LogP contribution is -2.33. The molecule has 1 amide bonds. The summed E-state index contributed by atoms with van der Waals surface area (Å²) < 4.78 is 28.6. The summed E-state index contributed by atoms with van der Waals surface area (Å²) in [6.07, 6.45) is 2.39. The lowest BCUT2D eigenvalue weighted by molar-refractivity contribution is 0.0987. The number of hydrogen-bond acceptors (Lipinski definition) is 5. The summed E-state index contributed by atoms with van der Waals surface area (Å²) in [6.45, 7) is 1.48. The summed E-state index contributed by atoms with van der Waals surface area (Å²) in [4.78, 5) is 20.3. The molecular formula is C26H25N3O3S2. The van der Waals surface area contributed by atoms with Crippen LogP contribution in [0.25, 0.3) is 10.2 Å². The minimum atomic E-state index is -3.61. The van der Waals surface area contributed by atoms with Gasteiger partial charge < -0.3 is 0 Å². The van der Waals surface area contributed by atoms with Gasteiger partial charge in [-0.3, -0.25) is 9.69 Å². The van der Waals surface area contributed by atoms with Crippen molar-refractivity contribution in [2.24, 2.45) is 0 Å². The van der Waals surface area contributed by atoms with Gasteiger partial charge in [0.25, 0.3) is 5.91 Å². The van der Waals surface area contributed by atoms with Gasteiger partial charge in [-0.1, -0.05) is 59.9 Å². The van der Waals surface area contributed by atoms with Gasteiger partial charge in [0.05, 0.1) is 15.1 Å². The number of para-hydroxylation sites is 1. The first kappa shape index (κ1) is 22.7. The van der Waals surface area contributed by atoms with Crippen molar-refractivity contribution in [3.63, 3.8) is 0 Å². The van der Waals surface area contributed by atoms with Crippen LogP contribution >= 0.6 is 11.3 Å². The van der Waals surface area contributed by atoms with E-state index in [1.54, 1.807) is 23.1 Å². The van der Waals surface area contributed by atoms with E-state index >= 15 is 0 Å². The first-order valence-electron chi connectivity index (χ1n) is 11.3. The van der Waals surface area contributed by atoms with Crippen molar-refractivity contribution in [2.45, 2.75) is 24.2 Å². The number of carbonyl (C=O) groups is 1. The number of sulfonamides is 1. The van der Waals surface area contributed by atoms with E-state index in [2.05, 4.69) is 0 Å². The zero-order chi connectivity index (χ0) is 23.5. The van der Waals surface area contributed by atoms with E-state index < -0.39 is 10.0 Å². The number of carbonyl (C=O) groups excluding carboxylic acids is 1. The minimum absolute atomic E-state index is 0.160. The summed E-state index contributed by atoms with van der Waals surface area (Å²) in [5.74, 6) is -0.256. The standard InChI is InChI=1S/C26H25N3O3S2/c30-25(21-11-8-12-22(19-21)34(31,32)28-16-6-7-17-28)29(18-15-20-9-2-1-3-10-20)26-27-23-13-4-5-14-24(23)33-26/h1-5,8-14,19H,6-7,15-18H2. The molecule has 6 nitrogen and oxygen atoms in total. The summed E-state index contributed by atoms with van der Waals surface area (Å²) in [5, 5.41) is 0.606. The van der Waals surface area contributed by atoms with Crippen molar-refractivity contribution in [3.05, 3.63) is 90.0 Å². The molecule has 0 unspecified atom stereocenters. The van der Waals surface area contributed by atoms with Crippen LogP contribution in [0.4, 0.5) is 5.13 Å². The molecule has 0 N–H and O–H groups in total. The monoisotopic (exact) mass is 491 g/mol. The molecule has 34 heavy (non-hydrogen) atoms. The molecule has 0 aliphatic carbocycles. The number of fused-ring (bicyclic) bond motifs is 1. The molecule has 1 aliphatic rings. The van der Waals surface area contributed by atoms with E-state index in [9.17, 15) is 13.2 Å². The SMILES string of the molecule is O=C(c1cccc(S(=O)(=O)N2CCCC2)c1)N(CCc1ccccc1)c1nc2ccccc2s1. The molecule has 0 atom stereocenters. The zero-order valence-electron chi connectivity index (χ0n) is 18.6. The Morgan fingerprint density at radius 1 is 0.941 bits per heavy atom. The van der Waals surface area contributed by atoms with Crippen molar-refractivity contribution in [3.8, 4) is 0 Å². The van der Waals surface area contributed by atoms with Gasteiger partial charge in [-0.25, -0.2) is 13.4 Å². The van der Waals surface area contributed by atoms with Gasteiger partial charge >= 0.3 is 0 Å². The highest BCUT2D eigenvalue weighted by Crippen LogP contribution is 2.30. The highest BCUT2D eigenvalue weighted by molar-refractivity contribution is 7.89. The molecule has 5 rings (SSSR count). The Balaban J connectivity index is 1.48. The second kappa shape index (κ2) is 9.66. The van der Waals surface area contributed by atoms with E-state index in [1.165, 1.54) is 21.7 Å². The quantitative estimate of drug-likeness (QED) is 0.366. The number of nitrogens with zero attached hydrogens (tertiary/aromatic N) is 3. The van der Waals surface area contributed by atoms with Crippen molar-refractivity contribution in [1.29, 1.82) is 0 Å². The van der Waals surface area contributed by atoms with E-state index in [1.807, 2.05) is 54.6 Å². The maximum absolute atomic E-state index is 13.7. The molecule has 1 fully saturated rings. The smallest absolute Gasteiger partial charge is 0.260 e. The third-order valence-electron chi connectivity index (χ3n) is 6.01. The van der Waals surface area contributed by atoms with Crippen molar-refractivity contribution in [2.75, 3.05) is 24.5 Å². The van der Waals surface area contributed by atoms with Gasteiger partial charge in [0.1, 0.15) is 0 Å². The normalized spacial score (nSPS) is 14.5. The van der Waals surface area contributed by atoms with Crippen LogP contribution in [-0.2, 0) is 16.4 Å². The third kappa shape index (κ3) is 4.61. The molecule has 8 heteroatoms. The second-order valence-electron chi connectivity index (χ2n) is 8.30. The van der Waals surface area contributed by atoms with Crippen molar-refractivity contribution < 1.29 is 13.2 Å². The summed E-state index contributed by atoms with van der Waals surface area (Å²) in [7, 11) is -3.61. The second-order valence-corrected chi connectivity index (χ2v) is 11.2. The first-order chi connectivity index (χ1) is 16.5. The number of hydrogen-bond donors (Lipinski definition) is 0. The Hall–Kier alpha value is -3.07. The Kier molecular flexibility index (Phi) is 6.45. The molecule has 3 aromatic carbocycles. The molecule has 1 saturated heterocycles. The average molecular weight is 492 g/mol. The Bertz CT molecular complexity index is 1380. The zero-order valence-corrected chi connectivity index (χ0v) is 20.3.